The smallest absolute Gasteiger partial charge is 0.00201 e. The second kappa shape index (κ2) is 11.4. The Kier molecular flexibility index (Phi) is 6.81. The lowest BCUT2D eigenvalue weighted by atomic mass is 9.83. The van der Waals surface area contributed by atoms with E-state index in [-0.39, 0.29) is 0 Å². The molecule has 0 heterocycles. The fourth-order valence-electron chi connectivity index (χ4n) is 6.84. The molecule has 45 heavy (non-hydrogen) atoms. The standard InChI is InChI=1S/C45H32/c1-31-13-5-6-16-37(31)44-40-19-9-11-21-42(40)45(43-22-12-10-20-41(43)44)39-18-8-7-17-38(39)36-29-27-35(28-30-36)34-25-23-33(24-26-34)32-14-3-2-4-15-32/h2-30H,1H3. The van der Waals surface area contributed by atoms with E-state index in [1.807, 2.05) is 0 Å². The summed E-state index contributed by atoms with van der Waals surface area (Å²) in [6, 6.07) is 63.9. The van der Waals surface area contributed by atoms with Gasteiger partial charge >= 0.3 is 0 Å². The highest BCUT2D eigenvalue weighted by Gasteiger charge is 2.19. The maximum Gasteiger partial charge on any atom is -0.00201 e. The van der Waals surface area contributed by atoms with Gasteiger partial charge in [0.1, 0.15) is 0 Å². The topological polar surface area (TPSA) is 0 Å². The van der Waals surface area contributed by atoms with Crippen molar-refractivity contribution in [3.63, 3.8) is 0 Å². The van der Waals surface area contributed by atoms with Gasteiger partial charge in [-0.2, -0.15) is 0 Å². The highest BCUT2D eigenvalue weighted by Crippen LogP contribution is 2.46. The third-order valence-electron chi connectivity index (χ3n) is 9.06. The molecule has 212 valence electrons. The van der Waals surface area contributed by atoms with Crippen LogP contribution in [0.3, 0.4) is 0 Å². The molecule has 0 aromatic heterocycles. The van der Waals surface area contributed by atoms with E-state index >= 15 is 0 Å². The Morgan fingerprint density at radius 3 is 1.07 bits per heavy atom. The predicted molar refractivity (Wildman–Crippen MR) is 193 cm³/mol. The van der Waals surface area contributed by atoms with E-state index in [0.717, 1.165) is 0 Å². The molecule has 8 rings (SSSR count). The van der Waals surface area contributed by atoms with Gasteiger partial charge in [0.15, 0.2) is 0 Å². The summed E-state index contributed by atoms with van der Waals surface area (Å²) in [7, 11) is 0. The molecule has 0 unspecified atom stereocenters. The summed E-state index contributed by atoms with van der Waals surface area (Å²) < 4.78 is 0. The number of hydrogen-bond donors (Lipinski definition) is 0. The first kappa shape index (κ1) is 26.9. The van der Waals surface area contributed by atoms with Gasteiger partial charge in [0.05, 0.1) is 0 Å². The molecule has 8 aromatic carbocycles. The van der Waals surface area contributed by atoms with Crippen LogP contribution in [0.5, 0.6) is 0 Å². The van der Waals surface area contributed by atoms with Crippen molar-refractivity contribution in [3.05, 3.63) is 181 Å². The SMILES string of the molecule is Cc1ccccc1-c1c2ccccc2c(-c2ccccc2-c2ccc(-c3ccc(-c4ccccc4)cc3)cc2)c2ccccc12. The van der Waals surface area contributed by atoms with Crippen LogP contribution in [0.4, 0.5) is 0 Å². The Bertz CT molecular complexity index is 2230. The Morgan fingerprint density at radius 2 is 0.578 bits per heavy atom. The Morgan fingerprint density at radius 1 is 0.244 bits per heavy atom. The summed E-state index contributed by atoms with van der Waals surface area (Å²) >= 11 is 0. The van der Waals surface area contributed by atoms with Crippen LogP contribution < -0.4 is 0 Å². The van der Waals surface area contributed by atoms with E-state index in [0.29, 0.717) is 0 Å². The van der Waals surface area contributed by atoms with Crippen LogP contribution >= 0.6 is 0 Å². The summed E-state index contributed by atoms with van der Waals surface area (Å²) in [5, 5.41) is 5.11. The summed E-state index contributed by atoms with van der Waals surface area (Å²) in [6.45, 7) is 2.21. The van der Waals surface area contributed by atoms with Crippen molar-refractivity contribution in [3.8, 4) is 55.6 Å². The molecule has 0 fully saturated rings. The molecular weight excluding hydrogens is 540 g/mol. The van der Waals surface area contributed by atoms with Gasteiger partial charge in [-0.3, -0.25) is 0 Å². The molecule has 0 amide bonds. The molecule has 0 aliphatic carbocycles. The van der Waals surface area contributed by atoms with Crippen LogP contribution in [0.1, 0.15) is 5.56 Å². The molecule has 0 saturated heterocycles. The van der Waals surface area contributed by atoms with Gasteiger partial charge in [-0.05, 0) is 89.7 Å². The number of benzene rings is 8. The molecule has 0 aliphatic rings. The van der Waals surface area contributed by atoms with Gasteiger partial charge < -0.3 is 0 Å². The number of fused-ring (bicyclic) bond motifs is 2. The van der Waals surface area contributed by atoms with Crippen molar-refractivity contribution >= 4 is 21.5 Å². The summed E-state index contributed by atoms with van der Waals surface area (Å²) in [5.41, 5.74) is 13.8. The monoisotopic (exact) mass is 572 g/mol. The Balaban J connectivity index is 1.26. The molecule has 0 atom stereocenters. The van der Waals surface area contributed by atoms with Gasteiger partial charge in [-0.15, -0.1) is 0 Å². The third kappa shape index (κ3) is 4.82. The molecule has 0 heteroatoms. The lowest BCUT2D eigenvalue weighted by Crippen LogP contribution is -1.93. The fraction of sp³-hybridized carbons (Fsp3) is 0.0222. The van der Waals surface area contributed by atoms with E-state index in [4.69, 9.17) is 0 Å². The average Bonchev–Trinajstić information content (AvgIpc) is 3.11. The first-order valence-corrected chi connectivity index (χ1v) is 15.6. The first-order chi connectivity index (χ1) is 22.3. The van der Waals surface area contributed by atoms with Crippen LogP contribution in [0.2, 0.25) is 0 Å². The molecule has 0 radical (unpaired) electrons. The van der Waals surface area contributed by atoms with E-state index in [1.165, 1.54) is 82.7 Å². The zero-order valence-corrected chi connectivity index (χ0v) is 25.2. The molecule has 0 nitrogen and oxygen atoms in total. The fourth-order valence-corrected chi connectivity index (χ4v) is 6.84. The number of hydrogen-bond acceptors (Lipinski definition) is 0. The highest BCUT2D eigenvalue weighted by molar-refractivity contribution is 6.22. The Labute approximate surface area is 264 Å². The van der Waals surface area contributed by atoms with Gasteiger partial charge in [-0.1, -0.05) is 176 Å². The Hall–Kier alpha value is -5.72. The van der Waals surface area contributed by atoms with Crippen molar-refractivity contribution in [2.45, 2.75) is 6.92 Å². The highest BCUT2D eigenvalue weighted by atomic mass is 14.2. The normalized spacial score (nSPS) is 11.2. The van der Waals surface area contributed by atoms with Crippen LogP contribution in [-0.4, -0.2) is 0 Å². The number of rotatable bonds is 5. The summed E-state index contributed by atoms with van der Waals surface area (Å²) in [4.78, 5) is 0. The van der Waals surface area contributed by atoms with Gasteiger partial charge in [-0.25, -0.2) is 0 Å². The average molecular weight is 573 g/mol. The van der Waals surface area contributed by atoms with Crippen molar-refractivity contribution in [1.29, 1.82) is 0 Å². The largest absolute Gasteiger partial charge is 0.0622 e. The van der Waals surface area contributed by atoms with E-state index in [1.54, 1.807) is 0 Å². The lowest BCUT2D eigenvalue weighted by molar-refractivity contribution is 1.47. The van der Waals surface area contributed by atoms with E-state index in [2.05, 4.69) is 183 Å². The minimum absolute atomic E-state index is 1.21. The van der Waals surface area contributed by atoms with Crippen molar-refractivity contribution < 1.29 is 0 Å². The maximum absolute atomic E-state index is 2.29. The van der Waals surface area contributed by atoms with E-state index in [9.17, 15) is 0 Å². The van der Waals surface area contributed by atoms with Gasteiger partial charge in [0, 0.05) is 0 Å². The second-order valence-corrected chi connectivity index (χ2v) is 11.7. The summed E-state index contributed by atoms with van der Waals surface area (Å²) in [5.74, 6) is 0. The molecule has 0 bridgehead atoms. The second-order valence-electron chi connectivity index (χ2n) is 11.7. The predicted octanol–water partition coefficient (Wildman–Crippen LogP) is 12.6. The minimum Gasteiger partial charge on any atom is -0.0622 e. The molecule has 0 spiro atoms. The van der Waals surface area contributed by atoms with Crippen LogP contribution in [-0.2, 0) is 0 Å². The zero-order valence-electron chi connectivity index (χ0n) is 25.2. The van der Waals surface area contributed by atoms with Crippen molar-refractivity contribution in [2.75, 3.05) is 0 Å². The first-order valence-electron chi connectivity index (χ1n) is 15.6. The van der Waals surface area contributed by atoms with Crippen molar-refractivity contribution in [1.82, 2.24) is 0 Å². The zero-order chi connectivity index (χ0) is 30.2. The summed E-state index contributed by atoms with van der Waals surface area (Å²) in [6.07, 6.45) is 0. The quantitative estimate of drug-likeness (QED) is 0.180. The molecule has 8 aromatic rings. The van der Waals surface area contributed by atoms with Crippen molar-refractivity contribution in [2.24, 2.45) is 0 Å². The number of aryl methyl sites for hydroxylation is 1. The molecule has 0 aliphatic heterocycles. The van der Waals surface area contributed by atoms with Crippen LogP contribution in [0.15, 0.2) is 176 Å². The molecule has 0 N–H and O–H groups in total. The molecule has 0 saturated carbocycles. The van der Waals surface area contributed by atoms with Crippen LogP contribution in [0, 0.1) is 6.92 Å². The minimum atomic E-state index is 1.21. The van der Waals surface area contributed by atoms with Gasteiger partial charge in [0.2, 0.25) is 0 Å². The molecular formula is C45H32. The lowest BCUT2D eigenvalue weighted by Gasteiger charge is -2.20. The van der Waals surface area contributed by atoms with E-state index < -0.39 is 0 Å². The maximum atomic E-state index is 2.29. The van der Waals surface area contributed by atoms with Crippen LogP contribution in [0.25, 0.3) is 77.2 Å². The van der Waals surface area contributed by atoms with Gasteiger partial charge in [0.25, 0.3) is 0 Å². The third-order valence-corrected chi connectivity index (χ3v) is 9.06.